The fraction of sp³-hybridized carbons (Fsp3) is 0.471. The summed E-state index contributed by atoms with van der Waals surface area (Å²) in [6.07, 6.45) is 0.679. The van der Waals surface area contributed by atoms with Gasteiger partial charge in [-0.2, -0.15) is 0 Å². The topological polar surface area (TPSA) is 75.7 Å². The predicted molar refractivity (Wildman–Crippen MR) is 89.3 cm³/mol. The van der Waals surface area contributed by atoms with E-state index in [2.05, 4.69) is 5.32 Å². The van der Waals surface area contributed by atoms with Crippen LogP contribution in [0.2, 0.25) is 5.02 Å². The van der Waals surface area contributed by atoms with Crippen molar-refractivity contribution < 1.29 is 19.1 Å². The van der Waals surface area contributed by atoms with Gasteiger partial charge in [0.05, 0.1) is 6.61 Å². The van der Waals surface area contributed by atoms with E-state index in [1.54, 1.807) is 19.9 Å². The van der Waals surface area contributed by atoms with E-state index >= 15 is 0 Å². The normalized spacial score (nSPS) is 20.1. The fourth-order valence-electron chi connectivity index (χ4n) is 2.75. The zero-order chi connectivity index (χ0) is 17.7. The van der Waals surface area contributed by atoms with Crippen molar-refractivity contribution in [2.24, 2.45) is 0 Å². The zero-order valence-electron chi connectivity index (χ0n) is 13.8. The molecule has 0 aromatic heterocycles. The van der Waals surface area contributed by atoms with Crippen LogP contribution in [0.1, 0.15) is 32.3 Å². The number of likely N-dealkylation sites (tertiary alicyclic amines) is 1. The van der Waals surface area contributed by atoms with Crippen molar-refractivity contribution in [1.82, 2.24) is 10.2 Å². The van der Waals surface area contributed by atoms with E-state index in [1.807, 2.05) is 18.2 Å². The molecule has 0 saturated carbocycles. The molecule has 1 saturated heterocycles. The first kappa shape index (κ1) is 18.3. The van der Waals surface area contributed by atoms with Gasteiger partial charge in [-0.05, 0) is 31.9 Å². The van der Waals surface area contributed by atoms with Crippen molar-refractivity contribution in [2.45, 2.75) is 38.8 Å². The number of carbonyl (C=O) groups excluding carboxylic acids is 3. The molecule has 0 radical (unpaired) electrons. The molecular formula is C17H21ClN2O4. The summed E-state index contributed by atoms with van der Waals surface area (Å²) >= 11 is 6.16. The van der Waals surface area contributed by atoms with Gasteiger partial charge in [-0.15, -0.1) is 0 Å². The Morgan fingerprint density at radius 3 is 2.75 bits per heavy atom. The Balaban J connectivity index is 2.11. The number of nitrogens with zero attached hydrogens (tertiary/aromatic N) is 1. The van der Waals surface area contributed by atoms with Crippen LogP contribution < -0.4 is 5.32 Å². The predicted octanol–water partition coefficient (Wildman–Crippen LogP) is 1.90. The van der Waals surface area contributed by atoms with Gasteiger partial charge in [0.2, 0.25) is 11.8 Å². The summed E-state index contributed by atoms with van der Waals surface area (Å²) in [5.41, 5.74) is -0.234. The standard InChI is InChI=1S/C17H21ClN2O4/c1-3-24-15(22)10-19-16(23)17(2)9-8-14(21)20(17)11-12-6-4-5-7-13(12)18/h4-7H,3,8-11H2,1-2H3,(H,19,23)/t17-/m1/s1. The molecule has 1 aromatic rings. The van der Waals surface area contributed by atoms with Crippen LogP contribution in [0.4, 0.5) is 0 Å². The molecule has 1 atom stereocenters. The lowest BCUT2D eigenvalue weighted by atomic mass is 9.97. The van der Waals surface area contributed by atoms with Gasteiger partial charge in [-0.3, -0.25) is 14.4 Å². The molecule has 130 valence electrons. The third-order valence-electron chi connectivity index (χ3n) is 4.20. The van der Waals surface area contributed by atoms with Crippen molar-refractivity contribution in [3.05, 3.63) is 34.9 Å². The lowest BCUT2D eigenvalue weighted by Gasteiger charge is -2.34. The Bertz CT molecular complexity index is 649. The average molecular weight is 353 g/mol. The van der Waals surface area contributed by atoms with Gasteiger partial charge in [-0.25, -0.2) is 0 Å². The van der Waals surface area contributed by atoms with Crippen LogP contribution in [0.5, 0.6) is 0 Å². The Hall–Kier alpha value is -2.08. The van der Waals surface area contributed by atoms with Crippen LogP contribution in [-0.4, -0.2) is 41.4 Å². The monoisotopic (exact) mass is 352 g/mol. The fourth-order valence-corrected chi connectivity index (χ4v) is 2.94. The molecule has 7 heteroatoms. The molecule has 0 spiro atoms. The van der Waals surface area contributed by atoms with Gasteiger partial charge in [0, 0.05) is 18.0 Å². The van der Waals surface area contributed by atoms with Crippen LogP contribution in [0, 0.1) is 0 Å². The van der Waals surface area contributed by atoms with Crippen molar-refractivity contribution in [3.8, 4) is 0 Å². The molecule has 1 fully saturated rings. The van der Waals surface area contributed by atoms with Crippen LogP contribution in [0.25, 0.3) is 0 Å². The molecule has 1 N–H and O–H groups in total. The highest BCUT2D eigenvalue weighted by atomic mass is 35.5. The maximum Gasteiger partial charge on any atom is 0.325 e. The van der Waals surface area contributed by atoms with Gasteiger partial charge in [0.15, 0.2) is 0 Å². The molecule has 1 aliphatic rings. The summed E-state index contributed by atoms with van der Waals surface area (Å²) in [7, 11) is 0. The number of halogens is 1. The Kier molecular flexibility index (Phi) is 5.83. The minimum Gasteiger partial charge on any atom is -0.465 e. The quantitative estimate of drug-likeness (QED) is 0.793. The van der Waals surface area contributed by atoms with E-state index < -0.39 is 11.5 Å². The number of benzene rings is 1. The molecule has 1 aliphatic heterocycles. The first-order valence-electron chi connectivity index (χ1n) is 7.86. The number of nitrogens with one attached hydrogen (secondary N) is 1. The summed E-state index contributed by atoms with van der Waals surface area (Å²) in [5, 5.41) is 3.11. The van der Waals surface area contributed by atoms with Crippen molar-refractivity contribution >= 4 is 29.4 Å². The highest BCUT2D eigenvalue weighted by molar-refractivity contribution is 6.31. The van der Waals surface area contributed by atoms with Crippen LogP contribution in [0.3, 0.4) is 0 Å². The molecule has 0 aliphatic carbocycles. The maximum absolute atomic E-state index is 12.6. The van der Waals surface area contributed by atoms with Crippen LogP contribution in [0.15, 0.2) is 24.3 Å². The summed E-state index contributed by atoms with van der Waals surface area (Å²) in [6, 6.07) is 7.21. The molecule has 1 aromatic carbocycles. The third kappa shape index (κ3) is 3.87. The van der Waals surface area contributed by atoms with E-state index in [9.17, 15) is 14.4 Å². The molecule has 0 unspecified atom stereocenters. The SMILES string of the molecule is CCOC(=O)CNC(=O)[C@@]1(C)CCC(=O)N1Cc1ccccc1Cl. The van der Waals surface area contributed by atoms with Gasteiger partial charge in [0.25, 0.3) is 0 Å². The number of esters is 1. The molecule has 2 rings (SSSR count). The average Bonchev–Trinajstić information content (AvgIpc) is 2.84. The second kappa shape index (κ2) is 7.66. The third-order valence-corrected chi connectivity index (χ3v) is 4.57. The molecule has 1 heterocycles. The van der Waals surface area contributed by atoms with Crippen molar-refractivity contribution in [2.75, 3.05) is 13.2 Å². The number of ether oxygens (including phenoxy) is 1. The Morgan fingerprint density at radius 2 is 2.08 bits per heavy atom. The minimum absolute atomic E-state index is 0.108. The van der Waals surface area contributed by atoms with E-state index in [-0.39, 0.29) is 37.9 Å². The number of amides is 2. The number of hydrogen-bond donors (Lipinski definition) is 1. The smallest absolute Gasteiger partial charge is 0.325 e. The molecular weight excluding hydrogens is 332 g/mol. The highest BCUT2D eigenvalue weighted by Gasteiger charge is 2.47. The first-order chi connectivity index (χ1) is 11.4. The summed E-state index contributed by atoms with van der Waals surface area (Å²) in [5.74, 6) is -0.978. The van der Waals surface area contributed by atoms with Gasteiger partial charge in [-0.1, -0.05) is 29.8 Å². The number of carbonyl (C=O) groups is 3. The molecule has 0 bridgehead atoms. The zero-order valence-corrected chi connectivity index (χ0v) is 14.6. The minimum atomic E-state index is -1.01. The summed E-state index contributed by atoms with van der Waals surface area (Å²) in [6.45, 7) is 3.69. The van der Waals surface area contributed by atoms with Crippen molar-refractivity contribution in [1.29, 1.82) is 0 Å². The first-order valence-corrected chi connectivity index (χ1v) is 8.24. The molecule has 2 amide bonds. The molecule has 6 nitrogen and oxygen atoms in total. The molecule has 24 heavy (non-hydrogen) atoms. The largest absolute Gasteiger partial charge is 0.465 e. The lowest BCUT2D eigenvalue weighted by Crippen LogP contribution is -2.54. The van der Waals surface area contributed by atoms with Gasteiger partial charge in [0.1, 0.15) is 12.1 Å². The summed E-state index contributed by atoms with van der Waals surface area (Å²) < 4.78 is 4.80. The number of rotatable bonds is 6. The Labute approximate surface area is 146 Å². The van der Waals surface area contributed by atoms with Gasteiger partial charge >= 0.3 is 5.97 Å². The van der Waals surface area contributed by atoms with Crippen molar-refractivity contribution in [3.63, 3.8) is 0 Å². The second-order valence-electron chi connectivity index (χ2n) is 5.83. The van der Waals surface area contributed by atoms with E-state index in [1.165, 1.54) is 4.90 Å². The maximum atomic E-state index is 12.6. The lowest BCUT2D eigenvalue weighted by molar-refractivity contribution is -0.146. The second-order valence-corrected chi connectivity index (χ2v) is 6.24. The number of hydrogen-bond acceptors (Lipinski definition) is 4. The van der Waals surface area contributed by atoms with E-state index in [4.69, 9.17) is 16.3 Å². The van der Waals surface area contributed by atoms with Crippen LogP contribution in [-0.2, 0) is 25.7 Å². The summed E-state index contributed by atoms with van der Waals surface area (Å²) in [4.78, 5) is 37.8. The van der Waals surface area contributed by atoms with Crippen LogP contribution >= 0.6 is 11.6 Å². The van der Waals surface area contributed by atoms with E-state index in [0.29, 0.717) is 11.4 Å². The van der Waals surface area contributed by atoms with Gasteiger partial charge < -0.3 is 15.0 Å². The van der Waals surface area contributed by atoms with E-state index in [0.717, 1.165) is 5.56 Å². The Morgan fingerprint density at radius 1 is 1.38 bits per heavy atom. The highest BCUT2D eigenvalue weighted by Crippen LogP contribution is 2.33.